The second kappa shape index (κ2) is 9.85. The first-order valence-corrected chi connectivity index (χ1v) is 10.8. The van der Waals surface area contributed by atoms with Crippen LogP contribution in [0.1, 0.15) is 26.3 Å². The summed E-state index contributed by atoms with van der Waals surface area (Å²) in [5.41, 5.74) is 1.97. The van der Waals surface area contributed by atoms with Crippen LogP contribution in [0.3, 0.4) is 0 Å². The van der Waals surface area contributed by atoms with Crippen LogP contribution in [0.5, 0.6) is 0 Å². The molecule has 0 unspecified atom stereocenters. The zero-order valence-corrected chi connectivity index (χ0v) is 18.8. The maximum absolute atomic E-state index is 12.8. The second-order valence-corrected chi connectivity index (χ2v) is 8.05. The quantitative estimate of drug-likeness (QED) is 0.341. The van der Waals surface area contributed by atoms with Crippen LogP contribution in [0.4, 0.5) is 11.5 Å². The van der Waals surface area contributed by atoms with Crippen molar-refractivity contribution in [2.45, 2.75) is 0 Å². The van der Waals surface area contributed by atoms with E-state index in [-0.39, 0.29) is 17.3 Å². The Morgan fingerprint density at radius 2 is 1.61 bits per heavy atom. The number of benzene rings is 2. The number of carbonyl (C=O) groups is 2. The minimum Gasteiger partial charge on any atom is -0.354 e. The molecule has 2 amide bonds. The number of amides is 2. The number of hydrogen-bond acceptors (Lipinski definition) is 5. The van der Waals surface area contributed by atoms with Crippen LogP contribution in [0, 0.1) is 5.41 Å². The Bertz CT molecular complexity index is 1170. The predicted octanol–water partition coefficient (Wildman–Crippen LogP) is 2.81. The second-order valence-electron chi connectivity index (χ2n) is 7.61. The summed E-state index contributed by atoms with van der Waals surface area (Å²) in [6.07, 6.45) is 1.40. The molecule has 170 valence electrons. The third kappa shape index (κ3) is 5.21. The first-order chi connectivity index (χ1) is 15.9. The average Bonchev–Trinajstić information content (AvgIpc) is 3.20. The van der Waals surface area contributed by atoms with Crippen molar-refractivity contribution in [3.63, 3.8) is 0 Å². The Kier molecular flexibility index (Phi) is 6.71. The number of anilines is 2. The summed E-state index contributed by atoms with van der Waals surface area (Å²) in [5.74, 6) is -0.0553. The van der Waals surface area contributed by atoms with Gasteiger partial charge in [-0.1, -0.05) is 23.7 Å². The van der Waals surface area contributed by atoms with Crippen LogP contribution in [0.2, 0.25) is 5.02 Å². The smallest absolute Gasteiger partial charge is 0.261 e. The monoisotopic (exact) mass is 465 g/mol. The molecule has 0 spiro atoms. The molecule has 0 saturated carbocycles. The minimum absolute atomic E-state index is 0.234. The van der Waals surface area contributed by atoms with Gasteiger partial charge in [0.1, 0.15) is 17.2 Å². The maximum Gasteiger partial charge on any atom is 0.261 e. The maximum atomic E-state index is 12.8. The van der Waals surface area contributed by atoms with E-state index in [4.69, 9.17) is 17.0 Å². The Hall–Kier alpha value is -3.69. The zero-order valence-electron chi connectivity index (χ0n) is 18.1. The van der Waals surface area contributed by atoms with Crippen molar-refractivity contribution in [3.05, 3.63) is 76.4 Å². The standard InChI is InChI=1S/C23H24ClN7O2/c1-30-21(19(14-27-30)23(33)28-18-8-6-17(24)7-9-18)29-22(32)16-4-2-15(3-5-16)20(25)31-12-10-26-11-13-31/h2-9,14,25-26H,10-13H2,1H3,(H,28,33)(H,29,32). The topological polar surface area (TPSA) is 115 Å². The molecular formula is C23H24ClN7O2. The van der Waals surface area contributed by atoms with Gasteiger partial charge in [0.2, 0.25) is 0 Å². The van der Waals surface area contributed by atoms with Gasteiger partial charge in [-0.3, -0.25) is 19.7 Å². The van der Waals surface area contributed by atoms with Crippen molar-refractivity contribution in [2.75, 3.05) is 36.8 Å². The van der Waals surface area contributed by atoms with Crippen molar-refractivity contribution in [3.8, 4) is 0 Å². The van der Waals surface area contributed by atoms with E-state index in [0.29, 0.717) is 22.1 Å². The lowest BCUT2D eigenvalue weighted by Crippen LogP contribution is -2.46. The van der Waals surface area contributed by atoms with Crippen LogP contribution in [0.25, 0.3) is 0 Å². The highest BCUT2D eigenvalue weighted by Crippen LogP contribution is 2.19. The van der Waals surface area contributed by atoms with Crippen LogP contribution in [0.15, 0.2) is 54.7 Å². The number of rotatable bonds is 5. The molecule has 0 atom stereocenters. The van der Waals surface area contributed by atoms with Crippen molar-refractivity contribution >= 4 is 40.8 Å². The molecule has 4 rings (SSSR count). The molecule has 33 heavy (non-hydrogen) atoms. The number of nitrogens with one attached hydrogen (secondary N) is 4. The highest BCUT2D eigenvalue weighted by Gasteiger charge is 2.20. The summed E-state index contributed by atoms with van der Waals surface area (Å²) >= 11 is 5.89. The van der Waals surface area contributed by atoms with Gasteiger partial charge in [-0.05, 0) is 36.4 Å². The van der Waals surface area contributed by atoms with Gasteiger partial charge in [-0.2, -0.15) is 5.10 Å². The van der Waals surface area contributed by atoms with E-state index < -0.39 is 5.91 Å². The third-order valence-corrected chi connectivity index (χ3v) is 5.62. The summed E-state index contributed by atoms with van der Waals surface area (Å²) in [5, 5.41) is 21.9. The van der Waals surface area contributed by atoms with Crippen LogP contribution < -0.4 is 16.0 Å². The average molecular weight is 466 g/mol. The first kappa shape index (κ1) is 22.5. The van der Waals surface area contributed by atoms with Gasteiger partial charge >= 0.3 is 0 Å². The molecule has 1 aromatic heterocycles. The zero-order chi connectivity index (χ0) is 23.4. The van der Waals surface area contributed by atoms with Crippen LogP contribution >= 0.6 is 11.6 Å². The number of nitrogens with zero attached hydrogens (tertiary/aromatic N) is 3. The lowest BCUT2D eigenvalue weighted by Gasteiger charge is -2.29. The Morgan fingerprint density at radius 1 is 0.970 bits per heavy atom. The number of aromatic nitrogens is 2. The molecular weight excluding hydrogens is 442 g/mol. The molecule has 4 N–H and O–H groups in total. The van der Waals surface area contributed by atoms with Gasteiger partial charge in [0, 0.05) is 55.1 Å². The summed E-state index contributed by atoms with van der Waals surface area (Å²) in [6, 6.07) is 13.6. The van der Waals surface area contributed by atoms with Gasteiger partial charge in [-0.15, -0.1) is 0 Å². The molecule has 2 aromatic carbocycles. The van der Waals surface area contributed by atoms with Crippen molar-refractivity contribution in [2.24, 2.45) is 7.05 Å². The molecule has 0 bridgehead atoms. The van der Waals surface area contributed by atoms with Gasteiger partial charge in [-0.25, -0.2) is 0 Å². The molecule has 1 aliphatic rings. The number of carbonyl (C=O) groups excluding carboxylic acids is 2. The van der Waals surface area contributed by atoms with Gasteiger partial charge in [0.25, 0.3) is 11.8 Å². The van der Waals surface area contributed by atoms with Gasteiger partial charge in [0.05, 0.1) is 6.20 Å². The summed E-state index contributed by atoms with van der Waals surface area (Å²) < 4.78 is 1.43. The summed E-state index contributed by atoms with van der Waals surface area (Å²) in [7, 11) is 1.65. The predicted molar refractivity (Wildman–Crippen MR) is 128 cm³/mol. The number of amidine groups is 1. The molecule has 2 heterocycles. The van der Waals surface area contributed by atoms with E-state index in [2.05, 4.69) is 21.0 Å². The Labute approximate surface area is 196 Å². The number of aryl methyl sites for hydroxylation is 1. The van der Waals surface area contributed by atoms with E-state index in [1.54, 1.807) is 55.6 Å². The van der Waals surface area contributed by atoms with Crippen LogP contribution in [-0.2, 0) is 7.05 Å². The number of piperazine rings is 1. The van der Waals surface area contributed by atoms with E-state index in [1.807, 2.05) is 4.90 Å². The minimum atomic E-state index is -0.402. The molecule has 3 aromatic rings. The molecule has 1 fully saturated rings. The molecule has 0 aliphatic carbocycles. The van der Waals surface area contributed by atoms with Crippen molar-refractivity contribution in [1.82, 2.24) is 20.0 Å². The fourth-order valence-electron chi connectivity index (χ4n) is 3.51. The normalized spacial score (nSPS) is 13.5. The highest BCUT2D eigenvalue weighted by atomic mass is 35.5. The molecule has 1 saturated heterocycles. The fraction of sp³-hybridized carbons (Fsp3) is 0.217. The van der Waals surface area contributed by atoms with E-state index >= 15 is 0 Å². The lowest BCUT2D eigenvalue weighted by atomic mass is 10.1. The summed E-state index contributed by atoms with van der Waals surface area (Å²) in [4.78, 5) is 27.6. The first-order valence-electron chi connectivity index (χ1n) is 10.5. The molecule has 10 heteroatoms. The molecule has 1 aliphatic heterocycles. The Balaban J connectivity index is 1.45. The van der Waals surface area contributed by atoms with Gasteiger partial charge < -0.3 is 20.9 Å². The lowest BCUT2D eigenvalue weighted by molar-refractivity contribution is 0.102. The van der Waals surface area contributed by atoms with Gasteiger partial charge in [0.15, 0.2) is 0 Å². The number of halogens is 1. The van der Waals surface area contributed by atoms with Crippen molar-refractivity contribution < 1.29 is 9.59 Å². The van der Waals surface area contributed by atoms with E-state index in [9.17, 15) is 9.59 Å². The molecule has 9 nitrogen and oxygen atoms in total. The Morgan fingerprint density at radius 3 is 2.27 bits per heavy atom. The number of hydrogen-bond donors (Lipinski definition) is 4. The largest absolute Gasteiger partial charge is 0.354 e. The van der Waals surface area contributed by atoms with E-state index in [0.717, 1.165) is 31.7 Å². The van der Waals surface area contributed by atoms with Crippen LogP contribution in [-0.4, -0.2) is 58.5 Å². The third-order valence-electron chi connectivity index (χ3n) is 5.37. The molecule has 0 radical (unpaired) electrons. The fourth-order valence-corrected chi connectivity index (χ4v) is 3.64. The SMILES string of the molecule is Cn1ncc(C(=O)Nc2ccc(Cl)cc2)c1NC(=O)c1ccc(C(=N)N2CCNCC2)cc1. The summed E-state index contributed by atoms with van der Waals surface area (Å²) in [6.45, 7) is 3.26. The van der Waals surface area contributed by atoms with E-state index in [1.165, 1.54) is 10.9 Å². The van der Waals surface area contributed by atoms with Crippen molar-refractivity contribution in [1.29, 1.82) is 5.41 Å². The highest BCUT2D eigenvalue weighted by molar-refractivity contribution is 6.30.